The van der Waals surface area contributed by atoms with Gasteiger partial charge < -0.3 is 67.1 Å². The van der Waals surface area contributed by atoms with Crippen molar-refractivity contribution in [3.8, 4) is 11.8 Å². The molecule has 2 aromatic heterocycles. The number of anilines is 1. The van der Waals surface area contributed by atoms with E-state index in [1.807, 2.05) is 34.0 Å². The molecule has 1 aromatic carbocycles. The van der Waals surface area contributed by atoms with E-state index in [0.717, 1.165) is 30.0 Å². The fourth-order valence-electron chi connectivity index (χ4n) is 11.4. The Kier molecular flexibility index (Phi) is 33.7. The maximum Gasteiger partial charge on any atom is 0.312 e. The molecular formula is C67H102N14O10S. The van der Waals surface area contributed by atoms with Crippen LogP contribution in [0.4, 0.5) is 10.5 Å². The minimum absolute atomic E-state index is 0.00923. The maximum atomic E-state index is 14.5. The number of likely N-dealkylation sites (N-methyl/N-ethyl adjacent to an activating group) is 2. The van der Waals surface area contributed by atoms with Crippen molar-refractivity contribution in [2.75, 3.05) is 66.9 Å². The lowest BCUT2D eigenvalue weighted by Gasteiger charge is -2.39. The molecule has 1 aliphatic rings. The number of pyridine rings is 1. The van der Waals surface area contributed by atoms with Crippen molar-refractivity contribution in [1.29, 1.82) is 0 Å². The summed E-state index contributed by atoms with van der Waals surface area (Å²) in [7, 11) is 8.76. The average Bonchev–Trinajstić information content (AvgIpc) is 1.69. The molecule has 506 valence electrons. The van der Waals surface area contributed by atoms with Gasteiger partial charge in [-0.1, -0.05) is 85.6 Å². The minimum Gasteiger partial charge on any atom is -0.379 e. The summed E-state index contributed by atoms with van der Waals surface area (Å²) in [5, 5.41) is 21.0. The van der Waals surface area contributed by atoms with Gasteiger partial charge in [0.1, 0.15) is 29.1 Å². The Hall–Kier alpha value is -7.66. The molecule has 0 aliphatic carbocycles. The van der Waals surface area contributed by atoms with Gasteiger partial charge in [-0.05, 0) is 107 Å². The van der Waals surface area contributed by atoms with Crippen molar-refractivity contribution in [3.63, 3.8) is 0 Å². The van der Waals surface area contributed by atoms with E-state index in [9.17, 15) is 38.4 Å². The molecule has 3 aromatic rings. The number of hydrogen-bond acceptors (Lipinski definition) is 16. The lowest BCUT2D eigenvalue weighted by atomic mass is 9.90. The summed E-state index contributed by atoms with van der Waals surface area (Å²) in [6.45, 7) is 18.8. The Bertz CT molecular complexity index is 2920. The largest absolute Gasteiger partial charge is 0.379 e. The molecule has 9 atom stereocenters. The number of carbonyl (C=O) groups is 8. The van der Waals surface area contributed by atoms with Crippen molar-refractivity contribution in [1.82, 2.24) is 61.6 Å². The normalized spacial score (nSPS) is 15.5. The zero-order valence-electron chi connectivity index (χ0n) is 56.1. The predicted molar refractivity (Wildman–Crippen MR) is 357 cm³/mol. The molecule has 0 saturated carbocycles. The van der Waals surface area contributed by atoms with Gasteiger partial charge >= 0.3 is 6.03 Å². The molecule has 4 rings (SSSR count). The van der Waals surface area contributed by atoms with Crippen LogP contribution in [0.1, 0.15) is 136 Å². The van der Waals surface area contributed by atoms with Crippen LogP contribution in [0.5, 0.6) is 0 Å². The number of benzene rings is 1. The number of nitrogens with two attached hydrogens (primary N) is 1. The van der Waals surface area contributed by atoms with Crippen molar-refractivity contribution >= 4 is 64.8 Å². The third-order valence-corrected chi connectivity index (χ3v) is 18.1. The van der Waals surface area contributed by atoms with Crippen LogP contribution >= 0.6 is 11.8 Å². The number of amides is 9. The molecule has 0 radical (unpaired) electrons. The van der Waals surface area contributed by atoms with E-state index in [1.54, 1.807) is 91.3 Å². The molecule has 92 heavy (non-hydrogen) atoms. The molecule has 0 bridgehead atoms. The number of primary amides is 1. The number of aromatic nitrogens is 3. The van der Waals surface area contributed by atoms with E-state index in [2.05, 4.69) is 103 Å². The van der Waals surface area contributed by atoms with Crippen LogP contribution in [0.2, 0.25) is 0 Å². The molecule has 0 spiro atoms. The third kappa shape index (κ3) is 25.4. The Balaban J connectivity index is 1.36. The van der Waals surface area contributed by atoms with E-state index in [4.69, 9.17) is 15.2 Å². The van der Waals surface area contributed by atoms with E-state index in [1.165, 1.54) is 13.4 Å². The highest BCUT2D eigenvalue weighted by atomic mass is 32.2. The van der Waals surface area contributed by atoms with Crippen LogP contribution in [0, 0.1) is 29.6 Å². The summed E-state index contributed by atoms with van der Waals surface area (Å²) in [4.78, 5) is 126. The van der Waals surface area contributed by atoms with Gasteiger partial charge in [0.15, 0.2) is 0 Å². The first-order chi connectivity index (χ1) is 43.9. The maximum absolute atomic E-state index is 14.5. The number of hydrogen-bond donors (Lipinski definition) is 8. The van der Waals surface area contributed by atoms with Crippen LogP contribution in [0.15, 0.2) is 78.4 Å². The predicted octanol–water partition coefficient (Wildman–Crippen LogP) is 5.32. The van der Waals surface area contributed by atoms with E-state index in [0.29, 0.717) is 66.5 Å². The van der Waals surface area contributed by atoms with E-state index >= 15 is 0 Å². The molecule has 25 heteroatoms. The molecule has 1 saturated heterocycles. The first-order valence-corrected chi connectivity index (χ1v) is 33.0. The van der Waals surface area contributed by atoms with Crippen molar-refractivity contribution in [2.24, 2.45) is 23.5 Å². The summed E-state index contributed by atoms with van der Waals surface area (Å²) >= 11 is 1.70. The zero-order valence-corrected chi connectivity index (χ0v) is 56.9. The lowest BCUT2D eigenvalue weighted by molar-refractivity contribution is -0.145. The van der Waals surface area contributed by atoms with Gasteiger partial charge in [0.25, 0.3) is 0 Å². The summed E-state index contributed by atoms with van der Waals surface area (Å²) < 4.78 is 12.1. The van der Waals surface area contributed by atoms with Crippen molar-refractivity contribution in [2.45, 2.75) is 185 Å². The van der Waals surface area contributed by atoms with Crippen molar-refractivity contribution in [3.05, 3.63) is 90.3 Å². The Labute approximate surface area is 549 Å². The molecule has 1 fully saturated rings. The number of likely N-dealkylation sites (tertiary alicyclic amines) is 1. The van der Waals surface area contributed by atoms with Crippen molar-refractivity contribution < 1.29 is 47.8 Å². The number of ether oxygens (including phenoxy) is 2. The third-order valence-electron chi connectivity index (χ3n) is 16.6. The first kappa shape index (κ1) is 76.8. The first-order valence-electron chi connectivity index (χ1n) is 32.1. The summed E-state index contributed by atoms with van der Waals surface area (Å²) in [6.07, 6.45) is 7.26. The van der Waals surface area contributed by atoms with Crippen LogP contribution in [-0.4, -0.2) is 186 Å². The second-order valence-electron chi connectivity index (χ2n) is 23.9. The quantitative estimate of drug-likeness (QED) is 0.0155. The molecule has 9 amide bonds. The highest BCUT2D eigenvalue weighted by Gasteiger charge is 2.43. The highest BCUT2D eigenvalue weighted by molar-refractivity contribution is 7.99. The van der Waals surface area contributed by atoms with Gasteiger partial charge in [-0.3, -0.25) is 38.5 Å². The topological polar surface area (TPSA) is 314 Å². The van der Waals surface area contributed by atoms with Gasteiger partial charge in [0.05, 0.1) is 55.8 Å². The number of urea groups is 1. The molecule has 24 nitrogen and oxygen atoms in total. The minimum atomic E-state index is -1.06. The number of thioether (sulfide) groups is 1. The van der Waals surface area contributed by atoms with Crippen LogP contribution in [-0.2, 0) is 56.0 Å². The highest BCUT2D eigenvalue weighted by Crippen LogP contribution is 2.30. The smallest absolute Gasteiger partial charge is 0.312 e. The number of unbranched alkanes of at least 4 members (excludes halogenated alkanes) is 1. The summed E-state index contributed by atoms with van der Waals surface area (Å²) in [6, 6.07) is 10.1. The monoisotopic (exact) mass is 1290 g/mol. The fourth-order valence-corrected chi connectivity index (χ4v) is 12.4. The Morgan fingerprint density at radius 1 is 0.815 bits per heavy atom. The van der Waals surface area contributed by atoms with E-state index < -0.39 is 72.0 Å². The SMILES string of the molecule is C=C(NCC(=O)N(C)C([C@@H](C)CC)[C@@H](CC(=O)N1CCC[C@H]1[C@H](OC)[C@@H](C)C(=O)N[C@@H](Cc1ccccn1)C(=O)NCc1ccc(NC(=O)[C@H](CCCNC(N)=O)NC(=O)CNC(=O)CCCC#Cc2cc(SC(CC)CC)ncn2)cc1)OC)C(C(C)C)N(C)C. The Morgan fingerprint density at radius 2 is 1.54 bits per heavy atom. The lowest BCUT2D eigenvalue weighted by Crippen LogP contribution is -2.55. The van der Waals surface area contributed by atoms with Gasteiger partial charge in [-0.25, -0.2) is 14.8 Å². The number of rotatable bonds is 39. The van der Waals surface area contributed by atoms with Gasteiger partial charge in [-0.15, -0.1) is 11.8 Å². The second-order valence-corrected chi connectivity index (χ2v) is 25.3. The number of nitrogens with one attached hydrogen (secondary N) is 7. The molecule has 3 heterocycles. The van der Waals surface area contributed by atoms with Gasteiger partial charge in [0.2, 0.25) is 41.4 Å². The van der Waals surface area contributed by atoms with Crippen LogP contribution in [0.25, 0.3) is 0 Å². The van der Waals surface area contributed by atoms with Crippen LogP contribution < -0.4 is 43.0 Å². The van der Waals surface area contributed by atoms with E-state index in [-0.39, 0.29) is 87.5 Å². The van der Waals surface area contributed by atoms with Crippen LogP contribution in [0.3, 0.4) is 0 Å². The second kappa shape index (κ2) is 40.3. The number of methoxy groups -OCH3 is 2. The summed E-state index contributed by atoms with van der Waals surface area (Å²) in [5.41, 5.74) is 8.21. The number of nitrogens with zero attached hydrogens (tertiary/aromatic N) is 6. The molecule has 2 unspecified atom stereocenters. The fraction of sp³-hybridized carbons (Fsp3) is 0.597. The molecular weight excluding hydrogens is 1190 g/mol. The summed E-state index contributed by atoms with van der Waals surface area (Å²) in [5.74, 6) is 2.72. The van der Waals surface area contributed by atoms with Gasteiger partial charge in [0, 0.05) is 94.8 Å². The molecule has 1 aliphatic heterocycles. The van der Waals surface area contributed by atoms with Gasteiger partial charge in [-0.2, -0.15) is 0 Å². The molecule has 9 N–H and O–H groups in total. The number of carbonyl (C=O) groups excluding carboxylic acids is 8. The average molecular weight is 1300 g/mol. The standard InChI is InChI=1S/C67H102N14O10S/c1-14-44(6)62(80(11)60(85)41-71-46(8)61(43(4)5)79(9)10)55(90-12)38-59(84)81-35-23-27-54(81)63(91-13)45(7)64(86)78-53(36-49-25-20-21-33-69-49)65(87)73-39-47-29-31-48(32-30-47)76-66(88)52(26-22-34-70-67(68)89)77-57(83)40-72-56(82)28-19-17-18-24-50-37-58(75-42-74-50)92-51(15-2)16-3/h20-21,25,29-33,37,42-45,51-55,61-63,71H,8,14-17,19,22-23,26-28,34-36,38-41H2,1-7,9-13H3,(H,72,82)(H,73,87)(H,76,88)(H,77,83)(H,78,86)(H3,68,70,89)/t44-,45+,52-,53-,54-,55+,61?,62?,63+/m0/s1. The Morgan fingerprint density at radius 3 is 2.17 bits per heavy atom. The zero-order chi connectivity index (χ0) is 67.9.